The zero-order chi connectivity index (χ0) is 23.5. The number of hydrogen-bond acceptors (Lipinski definition) is 4. The largest absolute Gasteiger partial charge is 0.503 e. The molecule has 1 amide bonds. The maximum Gasteiger partial charge on any atom is 0.294 e. The second kappa shape index (κ2) is 9.33. The smallest absolute Gasteiger partial charge is 0.294 e. The second-order valence-corrected chi connectivity index (χ2v) is 8.52. The van der Waals surface area contributed by atoms with E-state index in [1.165, 1.54) is 4.90 Å². The van der Waals surface area contributed by atoms with E-state index in [9.17, 15) is 14.7 Å². The maximum absolute atomic E-state index is 13.4. The summed E-state index contributed by atoms with van der Waals surface area (Å²) in [6.45, 7) is 1.95. The monoisotopic (exact) mass is 440 g/mol. The lowest BCUT2D eigenvalue weighted by Gasteiger charge is -2.28. The lowest BCUT2D eigenvalue weighted by molar-refractivity contribution is -0.118. The minimum Gasteiger partial charge on any atom is -0.503 e. The van der Waals surface area contributed by atoms with Gasteiger partial charge in [-0.2, -0.15) is 0 Å². The Hall–Kier alpha value is -3.86. The van der Waals surface area contributed by atoms with Gasteiger partial charge in [-0.3, -0.25) is 14.5 Å². The number of aryl methyl sites for hydroxylation is 2. The molecule has 0 fully saturated rings. The molecule has 5 nitrogen and oxygen atoms in total. The number of carbonyl (C=O) groups excluding carboxylic acids is 2. The Balaban J connectivity index is 1.73. The summed E-state index contributed by atoms with van der Waals surface area (Å²) in [5, 5.41) is 10.9. The normalized spacial score (nSPS) is 15.8. The average molecular weight is 441 g/mol. The van der Waals surface area contributed by atoms with Gasteiger partial charge in [0.05, 0.1) is 11.6 Å². The van der Waals surface area contributed by atoms with Crippen molar-refractivity contribution in [3.8, 4) is 0 Å². The van der Waals surface area contributed by atoms with Crippen LogP contribution in [0.1, 0.15) is 29.2 Å². The highest BCUT2D eigenvalue weighted by Crippen LogP contribution is 2.42. The third kappa shape index (κ3) is 4.40. The fraction of sp³-hybridized carbons (Fsp3) is 0.214. The van der Waals surface area contributed by atoms with Crippen molar-refractivity contribution < 1.29 is 14.7 Å². The molecule has 4 rings (SSSR count). The molecule has 1 aliphatic heterocycles. The van der Waals surface area contributed by atoms with Gasteiger partial charge >= 0.3 is 0 Å². The van der Waals surface area contributed by atoms with Gasteiger partial charge in [-0.25, -0.2) is 0 Å². The van der Waals surface area contributed by atoms with E-state index < -0.39 is 17.7 Å². The molecule has 0 radical (unpaired) electrons. The Labute approximate surface area is 194 Å². The number of anilines is 2. The van der Waals surface area contributed by atoms with Crippen molar-refractivity contribution in [3.63, 3.8) is 0 Å². The quantitative estimate of drug-likeness (QED) is 0.551. The van der Waals surface area contributed by atoms with Crippen LogP contribution in [0.3, 0.4) is 0 Å². The summed E-state index contributed by atoms with van der Waals surface area (Å²) >= 11 is 0. The van der Waals surface area contributed by atoms with Crippen LogP contribution >= 0.6 is 0 Å². The molecule has 1 heterocycles. The number of carbonyl (C=O) groups is 2. The van der Waals surface area contributed by atoms with E-state index in [0.717, 1.165) is 22.4 Å². The Morgan fingerprint density at radius 2 is 1.58 bits per heavy atom. The number of nitrogens with zero attached hydrogens (tertiary/aromatic N) is 2. The third-order valence-corrected chi connectivity index (χ3v) is 6.12. The van der Waals surface area contributed by atoms with E-state index in [1.54, 1.807) is 0 Å². The Bertz CT molecular complexity index is 1200. The number of Topliss-reactive ketones (excluding diaryl/α,β-unsaturated/α-hetero) is 1. The molecule has 0 aromatic heterocycles. The molecule has 1 atom stereocenters. The minimum atomic E-state index is -0.674. The highest BCUT2D eigenvalue weighted by Gasteiger charge is 2.44. The predicted molar refractivity (Wildman–Crippen MR) is 132 cm³/mol. The summed E-state index contributed by atoms with van der Waals surface area (Å²) < 4.78 is 0. The first kappa shape index (κ1) is 22.3. The molecule has 0 saturated carbocycles. The van der Waals surface area contributed by atoms with Gasteiger partial charge in [0.15, 0.2) is 11.5 Å². The Morgan fingerprint density at radius 1 is 0.939 bits per heavy atom. The van der Waals surface area contributed by atoms with E-state index >= 15 is 0 Å². The summed E-state index contributed by atoms with van der Waals surface area (Å²) in [6, 6.07) is 24.3. The van der Waals surface area contributed by atoms with Crippen molar-refractivity contribution in [2.24, 2.45) is 0 Å². The molecule has 1 N–H and O–H groups in total. The van der Waals surface area contributed by atoms with Crippen molar-refractivity contribution >= 4 is 23.1 Å². The molecule has 3 aromatic carbocycles. The highest BCUT2D eigenvalue weighted by molar-refractivity contribution is 6.16. The van der Waals surface area contributed by atoms with Crippen LogP contribution in [0.25, 0.3) is 0 Å². The standard InChI is InChI=1S/C28H28N2O3/c1-19-9-7-8-12-23(19)26-25(24(31)18-13-20-10-5-4-6-11-20)27(32)28(33)30(26)22-16-14-21(15-17-22)29(2)3/h4-12,14-17,26,32H,13,18H2,1-3H3. The first-order valence-electron chi connectivity index (χ1n) is 11.0. The molecule has 0 saturated heterocycles. The Morgan fingerprint density at radius 3 is 2.21 bits per heavy atom. The van der Waals surface area contributed by atoms with E-state index in [4.69, 9.17) is 0 Å². The summed E-state index contributed by atoms with van der Waals surface area (Å²) in [5.74, 6) is -1.23. The highest BCUT2D eigenvalue weighted by atomic mass is 16.3. The number of aliphatic hydroxyl groups excluding tert-OH is 1. The number of benzene rings is 3. The SMILES string of the molecule is Cc1ccccc1C1C(C(=O)CCc2ccccc2)=C(O)C(=O)N1c1ccc(N(C)C)cc1. The van der Waals surface area contributed by atoms with Gasteiger partial charge in [0, 0.05) is 31.9 Å². The van der Waals surface area contributed by atoms with Crippen LogP contribution in [0.15, 0.2) is 90.2 Å². The first-order valence-corrected chi connectivity index (χ1v) is 11.0. The summed E-state index contributed by atoms with van der Waals surface area (Å²) in [4.78, 5) is 30.2. The zero-order valence-electron chi connectivity index (χ0n) is 19.2. The van der Waals surface area contributed by atoms with Crippen LogP contribution in [-0.4, -0.2) is 30.9 Å². The number of amides is 1. The van der Waals surface area contributed by atoms with Crippen molar-refractivity contribution in [2.75, 3.05) is 23.9 Å². The van der Waals surface area contributed by atoms with Gasteiger partial charge in [0.1, 0.15) is 0 Å². The van der Waals surface area contributed by atoms with Gasteiger partial charge in [0.2, 0.25) is 0 Å². The average Bonchev–Trinajstić information content (AvgIpc) is 3.09. The molecule has 168 valence electrons. The zero-order valence-corrected chi connectivity index (χ0v) is 19.2. The number of ketones is 1. The summed E-state index contributed by atoms with van der Waals surface area (Å²) in [6.07, 6.45) is 0.759. The van der Waals surface area contributed by atoms with Crippen LogP contribution in [0, 0.1) is 6.92 Å². The van der Waals surface area contributed by atoms with Crippen LogP contribution in [0.4, 0.5) is 11.4 Å². The van der Waals surface area contributed by atoms with E-state index in [2.05, 4.69) is 0 Å². The molecule has 0 aliphatic carbocycles. The molecular formula is C28H28N2O3. The molecule has 1 unspecified atom stereocenters. The lowest BCUT2D eigenvalue weighted by atomic mass is 9.90. The van der Waals surface area contributed by atoms with Gasteiger partial charge < -0.3 is 10.0 Å². The van der Waals surface area contributed by atoms with Crippen LogP contribution in [-0.2, 0) is 16.0 Å². The fourth-order valence-corrected chi connectivity index (χ4v) is 4.29. The van der Waals surface area contributed by atoms with Gasteiger partial charge in [-0.1, -0.05) is 54.6 Å². The minimum absolute atomic E-state index is 0.168. The molecule has 1 aliphatic rings. The topological polar surface area (TPSA) is 60.9 Å². The molecule has 0 bridgehead atoms. The van der Waals surface area contributed by atoms with E-state index in [1.807, 2.05) is 105 Å². The predicted octanol–water partition coefficient (Wildman–Crippen LogP) is 5.16. The molecular weight excluding hydrogens is 412 g/mol. The third-order valence-electron chi connectivity index (χ3n) is 6.12. The Kier molecular flexibility index (Phi) is 6.31. The summed E-state index contributed by atoms with van der Waals surface area (Å²) in [5.41, 5.74) is 4.62. The van der Waals surface area contributed by atoms with Gasteiger partial charge in [-0.05, 0) is 54.3 Å². The van der Waals surface area contributed by atoms with E-state index in [0.29, 0.717) is 12.1 Å². The number of rotatable bonds is 7. The molecule has 0 spiro atoms. The lowest BCUT2D eigenvalue weighted by Crippen LogP contribution is -2.31. The second-order valence-electron chi connectivity index (χ2n) is 8.52. The fourth-order valence-electron chi connectivity index (χ4n) is 4.29. The molecule has 33 heavy (non-hydrogen) atoms. The number of hydrogen-bond donors (Lipinski definition) is 1. The van der Waals surface area contributed by atoms with Crippen LogP contribution in [0.2, 0.25) is 0 Å². The van der Waals surface area contributed by atoms with Crippen LogP contribution in [0.5, 0.6) is 0 Å². The summed E-state index contributed by atoms with van der Waals surface area (Å²) in [7, 11) is 3.89. The maximum atomic E-state index is 13.4. The van der Waals surface area contributed by atoms with Crippen molar-refractivity contribution in [1.29, 1.82) is 0 Å². The first-order chi connectivity index (χ1) is 15.9. The van der Waals surface area contributed by atoms with Crippen molar-refractivity contribution in [2.45, 2.75) is 25.8 Å². The van der Waals surface area contributed by atoms with Crippen LogP contribution < -0.4 is 9.80 Å². The number of aliphatic hydroxyl groups is 1. The van der Waals surface area contributed by atoms with Gasteiger partial charge in [0.25, 0.3) is 5.91 Å². The van der Waals surface area contributed by atoms with Crippen molar-refractivity contribution in [3.05, 3.63) is 107 Å². The van der Waals surface area contributed by atoms with E-state index in [-0.39, 0.29) is 17.8 Å². The molecule has 3 aromatic rings. The molecule has 5 heteroatoms. The van der Waals surface area contributed by atoms with Gasteiger partial charge in [-0.15, -0.1) is 0 Å². The van der Waals surface area contributed by atoms with Crippen molar-refractivity contribution in [1.82, 2.24) is 0 Å².